The number of para-hydroxylation sites is 1. The van der Waals surface area contributed by atoms with E-state index >= 15 is 0 Å². The molecule has 1 aliphatic rings. The Bertz CT molecular complexity index is 1230. The van der Waals surface area contributed by atoms with Crippen LogP contribution in [0.1, 0.15) is 41.7 Å². The molecule has 0 spiro atoms. The number of carbonyl (C=O) groups excluding carboxylic acids is 2. The second-order valence-corrected chi connectivity index (χ2v) is 8.46. The van der Waals surface area contributed by atoms with E-state index in [2.05, 4.69) is 12.2 Å². The molecule has 3 aromatic rings. The maximum atomic E-state index is 13.3. The minimum atomic E-state index is -0.524. The van der Waals surface area contributed by atoms with Gasteiger partial charge in [0.25, 0.3) is 0 Å². The topological polar surface area (TPSA) is 67.9 Å². The molecule has 0 unspecified atom stereocenters. The van der Waals surface area contributed by atoms with Crippen LogP contribution < -0.4 is 19.7 Å². The smallest absolute Gasteiger partial charge is 0.323 e. The molecule has 1 saturated heterocycles. The van der Waals surface area contributed by atoms with Gasteiger partial charge >= 0.3 is 6.03 Å². The van der Waals surface area contributed by atoms with Crippen molar-refractivity contribution in [1.82, 2.24) is 5.32 Å². The number of hydrogen-bond donors (Lipinski definition) is 1. The molecule has 1 heterocycles. The maximum absolute atomic E-state index is 13.3. The predicted molar refractivity (Wildman–Crippen MR) is 137 cm³/mol. The Morgan fingerprint density at radius 1 is 1.08 bits per heavy atom. The lowest BCUT2D eigenvalue weighted by Gasteiger charge is -2.28. The van der Waals surface area contributed by atoms with E-state index in [4.69, 9.17) is 9.47 Å². The molecule has 0 bridgehead atoms. The third kappa shape index (κ3) is 5.57. The van der Waals surface area contributed by atoms with Crippen molar-refractivity contribution in [2.75, 3.05) is 18.6 Å². The highest BCUT2D eigenvalue weighted by Gasteiger charge is 2.41. The van der Waals surface area contributed by atoms with Gasteiger partial charge in [-0.15, -0.1) is 0 Å². The molecule has 7 heteroatoms. The molecule has 1 N–H and O–H groups in total. The molecule has 186 valence electrons. The Morgan fingerprint density at radius 3 is 2.53 bits per heavy atom. The molecular weight excluding hydrogens is 459 g/mol. The summed E-state index contributed by atoms with van der Waals surface area (Å²) in [6.07, 6.45) is 4.96. The van der Waals surface area contributed by atoms with Crippen molar-refractivity contribution in [2.45, 2.75) is 31.8 Å². The van der Waals surface area contributed by atoms with Crippen molar-refractivity contribution < 1.29 is 23.5 Å². The number of hydrogen-bond acceptors (Lipinski definition) is 4. The lowest BCUT2D eigenvalue weighted by atomic mass is 9.96. The molecule has 0 aliphatic carbocycles. The monoisotopic (exact) mass is 488 g/mol. The summed E-state index contributed by atoms with van der Waals surface area (Å²) >= 11 is 0. The lowest BCUT2D eigenvalue weighted by molar-refractivity contribution is 0.104. The Hall–Kier alpha value is -4.13. The number of anilines is 1. The van der Waals surface area contributed by atoms with E-state index in [1.165, 1.54) is 30.3 Å². The van der Waals surface area contributed by atoms with Crippen molar-refractivity contribution in [1.29, 1.82) is 0 Å². The molecule has 0 radical (unpaired) electrons. The number of nitrogens with one attached hydrogen (secondary N) is 1. The lowest BCUT2D eigenvalue weighted by Crippen LogP contribution is -2.29. The Kier molecular flexibility index (Phi) is 8.00. The molecule has 3 aromatic carbocycles. The van der Waals surface area contributed by atoms with E-state index in [9.17, 15) is 14.0 Å². The molecular formula is C29H29FN2O4. The summed E-state index contributed by atoms with van der Waals surface area (Å²) in [4.78, 5) is 27.6. The third-order valence-electron chi connectivity index (χ3n) is 6.04. The van der Waals surface area contributed by atoms with Crippen LogP contribution >= 0.6 is 0 Å². The van der Waals surface area contributed by atoms with Gasteiger partial charge in [0.1, 0.15) is 17.3 Å². The van der Waals surface area contributed by atoms with Crippen molar-refractivity contribution in [2.24, 2.45) is 0 Å². The molecule has 6 nitrogen and oxygen atoms in total. The number of nitrogens with zero attached hydrogens (tertiary/aromatic N) is 1. The van der Waals surface area contributed by atoms with E-state index in [1.54, 1.807) is 18.1 Å². The minimum absolute atomic E-state index is 0.282. The van der Waals surface area contributed by atoms with Gasteiger partial charge < -0.3 is 14.8 Å². The number of unbranched alkanes of at least 4 members (excludes halogenated alkanes) is 1. The number of methoxy groups -OCH3 is 1. The van der Waals surface area contributed by atoms with E-state index in [1.807, 2.05) is 48.5 Å². The Morgan fingerprint density at radius 2 is 1.83 bits per heavy atom. The van der Waals surface area contributed by atoms with Crippen molar-refractivity contribution in [3.05, 3.63) is 102 Å². The molecule has 0 aromatic heterocycles. The highest BCUT2D eigenvalue weighted by atomic mass is 19.1. The van der Waals surface area contributed by atoms with Crippen molar-refractivity contribution in [3.63, 3.8) is 0 Å². The van der Waals surface area contributed by atoms with E-state index in [0.717, 1.165) is 24.1 Å². The summed E-state index contributed by atoms with van der Waals surface area (Å²) in [6, 6.07) is 19.0. The van der Waals surface area contributed by atoms with Crippen molar-refractivity contribution >= 4 is 17.5 Å². The summed E-state index contributed by atoms with van der Waals surface area (Å²) in [7, 11) is 1.59. The standard InChI is InChI=1S/C29H29FN2O4/c1-3-4-18-36-27-19-23(35-2)14-15-24(27)28-25(16-17-26(33)20-10-12-21(30)13-11-20)31-29(34)32(28)22-8-6-5-7-9-22/h5-17,19,25,28H,3-4,18H2,1-2H3,(H,31,34)/b17-16+/t25-,28-/m1/s1. The number of allylic oxidation sites excluding steroid dienone is 1. The highest BCUT2D eigenvalue weighted by Crippen LogP contribution is 2.40. The van der Waals surface area contributed by atoms with Gasteiger partial charge in [-0.3, -0.25) is 9.69 Å². The van der Waals surface area contributed by atoms with Crippen LogP contribution in [0.3, 0.4) is 0 Å². The van der Waals surface area contributed by atoms with E-state index in [0.29, 0.717) is 23.7 Å². The van der Waals surface area contributed by atoms with Crippen LogP contribution in [0.15, 0.2) is 84.9 Å². The number of benzene rings is 3. The molecule has 2 amide bonds. The largest absolute Gasteiger partial charge is 0.497 e. The van der Waals surface area contributed by atoms with E-state index < -0.39 is 17.9 Å². The van der Waals surface area contributed by atoms with Crippen LogP contribution in [-0.2, 0) is 0 Å². The van der Waals surface area contributed by atoms with Crippen LogP contribution in [-0.4, -0.2) is 31.6 Å². The normalized spacial score (nSPS) is 17.3. The number of ketones is 1. The summed E-state index contributed by atoms with van der Waals surface area (Å²) in [6.45, 7) is 2.62. The second-order valence-electron chi connectivity index (χ2n) is 8.46. The molecule has 36 heavy (non-hydrogen) atoms. The summed E-state index contributed by atoms with van der Waals surface area (Å²) in [5, 5.41) is 2.99. The molecule has 4 rings (SSSR count). The van der Waals surface area contributed by atoms with Crippen LogP contribution in [0, 0.1) is 5.82 Å². The van der Waals surface area contributed by atoms with Crippen LogP contribution in [0.2, 0.25) is 0 Å². The number of halogens is 1. The zero-order chi connectivity index (χ0) is 25.5. The predicted octanol–water partition coefficient (Wildman–Crippen LogP) is 6.09. The number of carbonyl (C=O) groups is 2. The van der Waals surface area contributed by atoms with Crippen LogP contribution in [0.5, 0.6) is 11.5 Å². The summed E-state index contributed by atoms with van der Waals surface area (Å²) in [5.41, 5.74) is 1.87. The fourth-order valence-electron chi connectivity index (χ4n) is 4.17. The molecule has 1 fully saturated rings. The minimum Gasteiger partial charge on any atom is -0.497 e. The first-order valence-electron chi connectivity index (χ1n) is 12.0. The fraction of sp³-hybridized carbons (Fsp3) is 0.241. The zero-order valence-electron chi connectivity index (χ0n) is 20.3. The van der Waals surface area contributed by atoms with Gasteiger partial charge in [-0.25, -0.2) is 9.18 Å². The summed E-state index contributed by atoms with van der Waals surface area (Å²) < 4.78 is 24.8. The third-order valence-corrected chi connectivity index (χ3v) is 6.04. The Labute approximate surface area is 210 Å². The molecule has 0 saturated carbocycles. The van der Waals surface area contributed by atoms with Crippen molar-refractivity contribution in [3.8, 4) is 11.5 Å². The SMILES string of the molecule is CCCCOc1cc(OC)ccc1[C@@H]1[C@@H](/C=C/C(=O)c2ccc(F)cc2)NC(=O)N1c1ccccc1. The van der Waals surface area contributed by atoms with Gasteiger partial charge in [0, 0.05) is 22.9 Å². The number of rotatable bonds is 10. The average Bonchev–Trinajstić information content (AvgIpc) is 3.23. The highest BCUT2D eigenvalue weighted by molar-refractivity contribution is 6.04. The first-order valence-corrected chi connectivity index (χ1v) is 12.0. The Balaban J connectivity index is 1.73. The van der Waals surface area contributed by atoms with Crippen LogP contribution in [0.4, 0.5) is 14.9 Å². The number of ether oxygens (including phenoxy) is 2. The first-order chi connectivity index (χ1) is 17.5. The zero-order valence-corrected chi connectivity index (χ0v) is 20.3. The quantitative estimate of drug-likeness (QED) is 0.213. The van der Waals surface area contributed by atoms with E-state index in [-0.39, 0.29) is 11.8 Å². The fourth-order valence-corrected chi connectivity index (χ4v) is 4.17. The number of amides is 2. The average molecular weight is 489 g/mol. The van der Waals surface area contributed by atoms with Gasteiger partial charge in [0.05, 0.1) is 25.8 Å². The van der Waals surface area contributed by atoms with Gasteiger partial charge in [0.15, 0.2) is 5.78 Å². The maximum Gasteiger partial charge on any atom is 0.323 e. The van der Waals surface area contributed by atoms with Crippen LogP contribution in [0.25, 0.3) is 0 Å². The van der Waals surface area contributed by atoms with Gasteiger partial charge in [-0.05, 0) is 61.0 Å². The molecule has 1 aliphatic heterocycles. The summed E-state index contributed by atoms with van der Waals surface area (Å²) in [5.74, 6) is 0.573. The number of urea groups is 1. The van der Waals surface area contributed by atoms with Gasteiger partial charge in [-0.2, -0.15) is 0 Å². The molecule has 2 atom stereocenters. The van der Waals surface area contributed by atoms with Gasteiger partial charge in [0.2, 0.25) is 0 Å². The first kappa shape index (κ1) is 25.0. The second kappa shape index (κ2) is 11.5. The van der Waals surface area contributed by atoms with Gasteiger partial charge in [-0.1, -0.05) is 37.6 Å².